The second-order valence-electron chi connectivity index (χ2n) is 9.92. The maximum Gasteiger partial charge on any atom is 0.261 e. The van der Waals surface area contributed by atoms with E-state index < -0.39 is 8.32 Å². The Balaban J connectivity index is 1.56. The van der Waals surface area contributed by atoms with Gasteiger partial charge in [-0.1, -0.05) is 111 Å². The smallest absolute Gasteiger partial charge is 0.261 e. The molecule has 0 heterocycles. The van der Waals surface area contributed by atoms with Crippen molar-refractivity contribution in [1.29, 1.82) is 0 Å². The quantitative estimate of drug-likeness (QED) is 0.447. The van der Waals surface area contributed by atoms with Crippen LogP contribution in [-0.2, 0) is 10.8 Å². The van der Waals surface area contributed by atoms with Gasteiger partial charge in [0.15, 0.2) is 0 Å². The Hall–Kier alpha value is -2.16. The molecule has 156 valence electrons. The molecule has 1 aliphatic carbocycles. The van der Waals surface area contributed by atoms with Crippen LogP contribution in [0.1, 0.15) is 38.3 Å². The van der Waals surface area contributed by atoms with Crippen molar-refractivity contribution in [1.82, 2.24) is 0 Å². The van der Waals surface area contributed by atoms with Crippen molar-refractivity contribution in [3.63, 3.8) is 0 Å². The third kappa shape index (κ3) is 4.31. The molecular weight excluding hydrogens is 380 g/mol. The highest BCUT2D eigenvalue weighted by Gasteiger charge is 2.51. The van der Waals surface area contributed by atoms with Gasteiger partial charge in [-0.05, 0) is 52.6 Å². The monoisotopic (exact) mass is 414 g/mol. The van der Waals surface area contributed by atoms with E-state index in [1.54, 1.807) is 0 Å². The fourth-order valence-electron chi connectivity index (χ4n) is 4.78. The van der Waals surface area contributed by atoms with Crippen LogP contribution in [-0.4, -0.2) is 14.9 Å². The first-order chi connectivity index (χ1) is 14.4. The molecule has 4 rings (SSSR count). The standard InChI is InChI=1S/C28H34OSi/c1-22-15-17-23(18-16-22)19-24-20-25(24)21-29-30(28(2,3)4,26-11-7-5-8-12-26)27-13-9-6-10-14-27/h5-18,24-25H,19-21H2,1-4H3/t24-,25-/m0/s1. The molecule has 0 saturated heterocycles. The largest absolute Gasteiger partial charge is 0.407 e. The summed E-state index contributed by atoms with van der Waals surface area (Å²) in [5.41, 5.74) is 2.79. The molecule has 0 radical (unpaired) electrons. The SMILES string of the molecule is Cc1ccc(C[C@H]2C[C@H]2CO[Si](c2ccccc2)(c2ccccc2)C(C)(C)C)cc1. The predicted octanol–water partition coefficient (Wildman–Crippen LogP) is 5.75. The van der Waals surface area contributed by atoms with E-state index in [1.807, 2.05) is 0 Å². The number of rotatable bonds is 7. The maximum atomic E-state index is 7.12. The molecule has 1 aliphatic rings. The van der Waals surface area contributed by atoms with Crippen LogP contribution in [0, 0.1) is 18.8 Å². The molecule has 0 bridgehead atoms. The van der Waals surface area contributed by atoms with Gasteiger partial charge in [0.2, 0.25) is 0 Å². The van der Waals surface area contributed by atoms with Gasteiger partial charge < -0.3 is 4.43 Å². The molecule has 0 aliphatic heterocycles. The van der Waals surface area contributed by atoms with Crippen molar-refractivity contribution in [3.8, 4) is 0 Å². The molecule has 1 nitrogen and oxygen atoms in total. The van der Waals surface area contributed by atoms with Crippen molar-refractivity contribution in [3.05, 3.63) is 96.1 Å². The average Bonchev–Trinajstić information content (AvgIpc) is 3.48. The van der Waals surface area contributed by atoms with Gasteiger partial charge in [0, 0.05) is 6.61 Å². The fraction of sp³-hybridized carbons (Fsp3) is 0.357. The van der Waals surface area contributed by atoms with Gasteiger partial charge in [-0.3, -0.25) is 0 Å². The minimum absolute atomic E-state index is 0.0526. The molecule has 1 saturated carbocycles. The summed E-state index contributed by atoms with van der Waals surface area (Å²) in [7, 11) is -2.40. The molecule has 30 heavy (non-hydrogen) atoms. The summed E-state index contributed by atoms with van der Waals surface area (Å²) >= 11 is 0. The van der Waals surface area contributed by atoms with Gasteiger partial charge in [0.25, 0.3) is 8.32 Å². The van der Waals surface area contributed by atoms with Crippen LogP contribution in [0.2, 0.25) is 5.04 Å². The highest BCUT2D eigenvalue weighted by Crippen LogP contribution is 2.44. The second kappa shape index (κ2) is 8.53. The zero-order chi connectivity index (χ0) is 21.2. The summed E-state index contributed by atoms with van der Waals surface area (Å²) in [6, 6.07) is 31.0. The Morgan fingerprint density at radius 2 is 1.30 bits per heavy atom. The third-order valence-electron chi connectivity index (χ3n) is 6.62. The van der Waals surface area contributed by atoms with E-state index in [9.17, 15) is 0 Å². The molecule has 1 fully saturated rings. The van der Waals surface area contributed by atoms with Gasteiger partial charge in [0.05, 0.1) is 0 Å². The average molecular weight is 415 g/mol. The zero-order valence-corrected chi connectivity index (χ0v) is 19.8. The number of hydrogen-bond acceptors (Lipinski definition) is 1. The van der Waals surface area contributed by atoms with Crippen LogP contribution in [0.4, 0.5) is 0 Å². The van der Waals surface area contributed by atoms with Gasteiger partial charge in [-0.25, -0.2) is 0 Å². The predicted molar refractivity (Wildman–Crippen MR) is 130 cm³/mol. The molecule has 0 unspecified atom stereocenters. The Bertz CT molecular complexity index is 902. The minimum Gasteiger partial charge on any atom is -0.407 e. The van der Waals surface area contributed by atoms with E-state index in [2.05, 4.69) is 113 Å². The van der Waals surface area contributed by atoms with Crippen molar-refractivity contribution in [2.45, 2.75) is 45.6 Å². The fourth-order valence-corrected chi connectivity index (χ4v) is 9.40. The van der Waals surface area contributed by atoms with E-state index >= 15 is 0 Å². The molecular formula is C28H34OSi. The van der Waals surface area contributed by atoms with Crippen LogP contribution in [0.3, 0.4) is 0 Å². The third-order valence-corrected chi connectivity index (χ3v) is 11.6. The van der Waals surface area contributed by atoms with Crippen LogP contribution in [0.5, 0.6) is 0 Å². The van der Waals surface area contributed by atoms with Crippen molar-refractivity contribution >= 4 is 18.7 Å². The lowest BCUT2D eigenvalue weighted by molar-refractivity contribution is 0.274. The second-order valence-corrected chi connectivity index (χ2v) is 14.2. The van der Waals surface area contributed by atoms with Gasteiger partial charge in [0.1, 0.15) is 0 Å². The maximum absolute atomic E-state index is 7.12. The van der Waals surface area contributed by atoms with E-state index in [0.717, 1.165) is 12.5 Å². The first-order valence-corrected chi connectivity index (χ1v) is 13.1. The molecule has 2 heteroatoms. The lowest BCUT2D eigenvalue weighted by Gasteiger charge is -2.43. The highest BCUT2D eigenvalue weighted by molar-refractivity contribution is 6.99. The van der Waals surface area contributed by atoms with E-state index in [-0.39, 0.29) is 5.04 Å². The minimum atomic E-state index is -2.40. The molecule has 3 aromatic carbocycles. The van der Waals surface area contributed by atoms with Gasteiger partial charge in [-0.15, -0.1) is 0 Å². The highest BCUT2D eigenvalue weighted by atomic mass is 28.4. The summed E-state index contributed by atoms with van der Waals surface area (Å²) in [5, 5.41) is 2.80. The summed E-state index contributed by atoms with van der Waals surface area (Å²) in [5.74, 6) is 1.43. The number of aryl methyl sites for hydroxylation is 1. The Morgan fingerprint density at radius 3 is 1.80 bits per heavy atom. The number of benzene rings is 3. The van der Waals surface area contributed by atoms with E-state index in [1.165, 1.54) is 34.3 Å². The Morgan fingerprint density at radius 1 is 0.767 bits per heavy atom. The van der Waals surface area contributed by atoms with Gasteiger partial charge >= 0.3 is 0 Å². The summed E-state index contributed by atoms with van der Waals surface area (Å²) in [6.45, 7) is 10.1. The van der Waals surface area contributed by atoms with Crippen molar-refractivity contribution in [2.75, 3.05) is 6.61 Å². The molecule has 0 N–H and O–H groups in total. The normalized spacial score (nSPS) is 18.9. The van der Waals surface area contributed by atoms with Crippen molar-refractivity contribution in [2.24, 2.45) is 11.8 Å². The summed E-state index contributed by atoms with van der Waals surface area (Å²) < 4.78 is 7.12. The van der Waals surface area contributed by atoms with Crippen LogP contribution in [0.25, 0.3) is 0 Å². The van der Waals surface area contributed by atoms with E-state index in [0.29, 0.717) is 5.92 Å². The molecule has 2 atom stereocenters. The lowest BCUT2D eigenvalue weighted by Crippen LogP contribution is -2.66. The summed E-state index contributed by atoms with van der Waals surface area (Å²) in [4.78, 5) is 0. The topological polar surface area (TPSA) is 9.23 Å². The number of hydrogen-bond donors (Lipinski definition) is 0. The first kappa shape index (κ1) is 21.1. The van der Waals surface area contributed by atoms with Crippen molar-refractivity contribution < 1.29 is 4.43 Å². The Kier molecular flexibility index (Phi) is 5.99. The molecule has 0 aromatic heterocycles. The molecule has 0 spiro atoms. The van der Waals surface area contributed by atoms with Crippen LogP contribution < -0.4 is 10.4 Å². The lowest BCUT2D eigenvalue weighted by atomic mass is 10.1. The Labute approximate surface area is 183 Å². The van der Waals surface area contributed by atoms with Crippen LogP contribution in [0.15, 0.2) is 84.9 Å². The molecule has 0 amide bonds. The zero-order valence-electron chi connectivity index (χ0n) is 18.8. The first-order valence-electron chi connectivity index (χ1n) is 11.2. The summed E-state index contributed by atoms with van der Waals surface area (Å²) in [6.07, 6.45) is 2.46. The molecule has 3 aromatic rings. The van der Waals surface area contributed by atoms with Crippen LogP contribution >= 0.6 is 0 Å². The van der Waals surface area contributed by atoms with E-state index in [4.69, 9.17) is 4.43 Å². The van der Waals surface area contributed by atoms with Gasteiger partial charge in [-0.2, -0.15) is 0 Å².